The van der Waals surface area contributed by atoms with Crippen molar-refractivity contribution >= 4 is 11.7 Å². The Morgan fingerprint density at radius 3 is 2.67 bits per heavy atom. The minimum Gasteiger partial charge on any atom is -0.478 e. The molecule has 4 nitrogen and oxygen atoms in total. The van der Waals surface area contributed by atoms with Crippen LogP contribution in [0.2, 0.25) is 0 Å². The van der Waals surface area contributed by atoms with Crippen molar-refractivity contribution in [2.75, 3.05) is 5.73 Å². The molecule has 0 bridgehead atoms. The van der Waals surface area contributed by atoms with E-state index in [2.05, 4.69) is 13.8 Å². The smallest absolute Gasteiger partial charge is 0.337 e. The van der Waals surface area contributed by atoms with Crippen LogP contribution < -0.4 is 10.5 Å². The van der Waals surface area contributed by atoms with Crippen LogP contribution in [0.1, 0.15) is 42.1 Å². The molecule has 0 aliphatic rings. The van der Waals surface area contributed by atoms with Crippen molar-refractivity contribution in [2.24, 2.45) is 0 Å². The second kappa shape index (κ2) is 6.31. The fraction of sp³-hybridized carbons (Fsp3) is 0.235. The molecule has 0 saturated heterocycles. The van der Waals surface area contributed by atoms with E-state index in [0.29, 0.717) is 11.7 Å². The summed E-state index contributed by atoms with van der Waals surface area (Å²) in [5, 5.41) is 9.10. The van der Waals surface area contributed by atoms with Crippen LogP contribution in [0, 0.1) is 0 Å². The molecule has 0 heterocycles. The summed E-state index contributed by atoms with van der Waals surface area (Å²) in [7, 11) is 0. The summed E-state index contributed by atoms with van der Waals surface area (Å²) >= 11 is 0. The van der Waals surface area contributed by atoms with Gasteiger partial charge in [-0.1, -0.05) is 32.0 Å². The normalized spacial score (nSPS) is 11.9. The quantitative estimate of drug-likeness (QED) is 0.804. The van der Waals surface area contributed by atoms with Crippen LogP contribution in [0.5, 0.6) is 11.5 Å². The number of nitrogens with two attached hydrogens (primary N) is 1. The Morgan fingerprint density at radius 2 is 2.00 bits per heavy atom. The molecule has 1 unspecified atom stereocenters. The molecule has 0 aromatic heterocycles. The molecule has 0 fully saturated rings. The summed E-state index contributed by atoms with van der Waals surface area (Å²) in [4.78, 5) is 11.1. The van der Waals surface area contributed by atoms with E-state index in [1.165, 1.54) is 6.07 Å². The van der Waals surface area contributed by atoms with E-state index in [0.717, 1.165) is 17.7 Å². The second-order valence-electron chi connectivity index (χ2n) is 5.00. The summed E-state index contributed by atoms with van der Waals surface area (Å²) in [6.07, 6.45) is 1.00. The van der Waals surface area contributed by atoms with Gasteiger partial charge >= 0.3 is 5.97 Å². The first-order valence-corrected chi connectivity index (χ1v) is 6.92. The lowest BCUT2D eigenvalue weighted by Gasteiger charge is -2.15. The topological polar surface area (TPSA) is 72.5 Å². The third kappa shape index (κ3) is 3.34. The number of hydrogen-bond acceptors (Lipinski definition) is 3. The number of benzene rings is 2. The van der Waals surface area contributed by atoms with Crippen molar-refractivity contribution in [3.05, 3.63) is 53.6 Å². The number of carboxylic acids is 1. The predicted octanol–water partition coefficient (Wildman–Crippen LogP) is 4.27. The number of nitrogen functional groups attached to an aromatic ring is 1. The number of carboxylic acid groups (broad SMARTS) is 1. The first kappa shape index (κ1) is 14.9. The SMILES string of the molecule is CCC(C)c1ccccc1Oc1ccc(N)c(C(=O)O)c1. The molecule has 0 saturated carbocycles. The highest BCUT2D eigenvalue weighted by Gasteiger charge is 2.13. The molecule has 2 aromatic rings. The monoisotopic (exact) mass is 285 g/mol. The molecule has 21 heavy (non-hydrogen) atoms. The van der Waals surface area contributed by atoms with Crippen LogP contribution in [0.3, 0.4) is 0 Å². The van der Waals surface area contributed by atoms with E-state index in [1.807, 2.05) is 24.3 Å². The van der Waals surface area contributed by atoms with E-state index in [9.17, 15) is 4.79 Å². The van der Waals surface area contributed by atoms with Gasteiger partial charge in [-0.25, -0.2) is 4.79 Å². The molecule has 3 N–H and O–H groups in total. The Kier molecular flexibility index (Phi) is 4.48. The zero-order valence-electron chi connectivity index (χ0n) is 12.2. The van der Waals surface area contributed by atoms with Crippen molar-refractivity contribution < 1.29 is 14.6 Å². The number of aromatic carboxylic acids is 1. The van der Waals surface area contributed by atoms with Gasteiger partial charge in [0.1, 0.15) is 11.5 Å². The number of para-hydroxylation sites is 1. The largest absolute Gasteiger partial charge is 0.478 e. The highest BCUT2D eigenvalue weighted by atomic mass is 16.5. The average Bonchev–Trinajstić information content (AvgIpc) is 2.48. The van der Waals surface area contributed by atoms with Crippen molar-refractivity contribution in [1.82, 2.24) is 0 Å². The Morgan fingerprint density at radius 1 is 1.29 bits per heavy atom. The summed E-state index contributed by atoms with van der Waals surface area (Å²) < 4.78 is 5.86. The van der Waals surface area contributed by atoms with Gasteiger partial charge < -0.3 is 15.6 Å². The van der Waals surface area contributed by atoms with Gasteiger partial charge in [-0.2, -0.15) is 0 Å². The van der Waals surface area contributed by atoms with Crippen molar-refractivity contribution in [1.29, 1.82) is 0 Å². The van der Waals surface area contributed by atoms with Gasteiger partial charge in [0.15, 0.2) is 0 Å². The average molecular weight is 285 g/mol. The van der Waals surface area contributed by atoms with Gasteiger partial charge in [-0.05, 0) is 42.2 Å². The molecule has 0 aliphatic carbocycles. The highest BCUT2D eigenvalue weighted by molar-refractivity contribution is 5.94. The minimum absolute atomic E-state index is 0.0496. The number of hydrogen-bond donors (Lipinski definition) is 2. The lowest BCUT2D eigenvalue weighted by atomic mass is 9.98. The third-order valence-electron chi connectivity index (χ3n) is 3.55. The molecular formula is C17H19NO3. The lowest BCUT2D eigenvalue weighted by Crippen LogP contribution is -2.03. The Bertz CT molecular complexity index is 652. The van der Waals surface area contributed by atoms with Gasteiger partial charge in [0.25, 0.3) is 0 Å². The number of anilines is 1. The predicted molar refractivity (Wildman–Crippen MR) is 83.0 cm³/mol. The Labute approximate surface area is 124 Å². The maximum atomic E-state index is 11.1. The van der Waals surface area contributed by atoms with Gasteiger partial charge in [0.05, 0.1) is 5.56 Å². The van der Waals surface area contributed by atoms with Crippen molar-refractivity contribution in [3.63, 3.8) is 0 Å². The molecule has 0 radical (unpaired) electrons. The molecule has 4 heteroatoms. The van der Waals surface area contributed by atoms with Crippen LogP contribution in [0.4, 0.5) is 5.69 Å². The van der Waals surface area contributed by atoms with E-state index in [1.54, 1.807) is 12.1 Å². The summed E-state index contributed by atoms with van der Waals surface area (Å²) in [6.45, 7) is 4.25. The molecule has 0 aliphatic heterocycles. The van der Waals surface area contributed by atoms with Crippen LogP contribution in [0.15, 0.2) is 42.5 Å². The Balaban J connectivity index is 2.35. The van der Waals surface area contributed by atoms with E-state index in [-0.39, 0.29) is 11.3 Å². The van der Waals surface area contributed by atoms with Crippen molar-refractivity contribution in [3.8, 4) is 11.5 Å². The zero-order valence-corrected chi connectivity index (χ0v) is 12.2. The standard InChI is InChI=1S/C17H19NO3/c1-3-11(2)13-6-4-5-7-16(13)21-12-8-9-15(18)14(10-12)17(19)20/h4-11H,3,18H2,1-2H3,(H,19,20). The van der Waals surface area contributed by atoms with Crippen LogP contribution in [0.25, 0.3) is 0 Å². The van der Waals surface area contributed by atoms with E-state index < -0.39 is 5.97 Å². The second-order valence-corrected chi connectivity index (χ2v) is 5.00. The van der Waals surface area contributed by atoms with Crippen LogP contribution in [-0.4, -0.2) is 11.1 Å². The molecule has 2 aromatic carbocycles. The molecule has 110 valence electrons. The van der Waals surface area contributed by atoms with Gasteiger partial charge in [0.2, 0.25) is 0 Å². The first-order chi connectivity index (χ1) is 10.0. The lowest BCUT2D eigenvalue weighted by molar-refractivity contribution is 0.0697. The highest BCUT2D eigenvalue weighted by Crippen LogP contribution is 2.32. The maximum Gasteiger partial charge on any atom is 0.337 e. The maximum absolute atomic E-state index is 11.1. The van der Waals surface area contributed by atoms with Crippen molar-refractivity contribution in [2.45, 2.75) is 26.2 Å². The fourth-order valence-corrected chi connectivity index (χ4v) is 2.11. The Hall–Kier alpha value is -2.49. The van der Waals surface area contributed by atoms with Gasteiger partial charge in [0, 0.05) is 5.69 Å². The zero-order chi connectivity index (χ0) is 15.4. The van der Waals surface area contributed by atoms with E-state index in [4.69, 9.17) is 15.6 Å². The molecule has 1 atom stereocenters. The number of rotatable bonds is 5. The summed E-state index contributed by atoms with van der Waals surface area (Å²) in [5.74, 6) is 0.521. The van der Waals surface area contributed by atoms with Crippen LogP contribution >= 0.6 is 0 Å². The first-order valence-electron chi connectivity index (χ1n) is 6.92. The summed E-state index contributed by atoms with van der Waals surface area (Å²) in [5.41, 5.74) is 7.03. The summed E-state index contributed by atoms with van der Waals surface area (Å²) in [6, 6.07) is 12.5. The fourth-order valence-electron chi connectivity index (χ4n) is 2.11. The molecule has 0 amide bonds. The number of ether oxygens (including phenoxy) is 1. The van der Waals surface area contributed by atoms with Gasteiger partial charge in [-0.3, -0.25) is 0 Å². The van der Waals surface area contributed by atoms with Gasteiger partial charge in [-0.15, -0.1) is 0 Å². The minimum atomic E-state index is -1.06. The molecule has 2 rings (SSSR count). The third-order valence-corrected chi connectivity index (χ3v) is 3.55. The number of carbonyl (C=O) groups is 1. The van der Waals surface area contributed by atoms with Crippen LogP contribution in [-0.2, 0) is 0 Å². The van der Waals surface area contributed by atoms with E-state index >= 15 is 0 Å². The molecule has 0 spiro atoms. The molecular weight excluding hydrogens is 266 g/mol.